The predicted octanol–water partition coefficient (Wildman–Crippen LogP) is 2.98. The normalized spacial score (nSPS) is 17.2. The van der Waals surface area contributed by atoms with Crippen molar-refractivity contribution in [1.82, 2.24) is 24.9 Å². The van der Waals surface area contributed by atoms with Crippen molar-refractivity contribution in [3.05, 3.63) is 60.4 Å². The molecule has 0 saturated carbocycles. The summed E-state index contributed by atoms with van der Waals surface area (Å²) in [5.74, 6) is 1.63. The van der Waals surface area contributed by atoms with Gasteiger partial charge in [0.05, 0.1) is 11.7 Å². The van der Waals surface area contributed by atoms with E-state index in [1.165, 1.54) is 0 Å². The number of anilines is 1. The first-order chi connectivity index (χ1) is 11.8. The molecule has 0 bridgehead atoms. The Morgan fingerprint density at radius 2 is 2.00 bits per heavy atom. The lowest BCUT2D eigenvalue weighted by Gasteiger charge is -2.25. The van der Waals surface area contributed by atoms with Crippen molar-refractivity contribution in [3.63, 3.8) is 0 Å². The van der Waals surface area contributed by atoms with Crippen LogP contribution in [-0.2, 0) is 0 Å². The van der Waals surface area contributed by atoms with Crippen LogP contribution in [0.5, 0.6) is 0 Å². The van der Waals surface area contributed by atoms with Crippen LogP contribution in [0.4, 0.5) is 5.82 Å². The number of rotatable bonds is 3. The molecule has 1 aliphatic rings. The van der Waals surface area contributed by atoms with Crippen molar-refractivity contribution in [1.29, 1.82) is 0 Å². The summed E-state index contributed by atoms with van der Waals surface area (Å²) in [6, 6.07) is 10.00. The highest BCUT2D eigenvalue weighted by Crippen LogP contribution is 2.34. The first kappa shape index (κ1) is 14.7. The highest BCUT2D eigenvalue weighted by atomic mass is 15.2. The quantitative estimate of drug-likeness (QED) is 0.739. The monoisotopic (exact) mass is 318 g/mol. The maximum Gasteiger partial charge on any atom is 0.178 e. The lowest BCUT2D eigenvalue weighted by atomic mass is 10.1. The van der Waals surface area contributed by atoms with Gasteiger partial charge in [-0.25, -0.2) is 19.9 Å². The van der Waals surface area contributed by atoms with E-state index in [2.05, 4.69) is 24.8 Å². The van der Waals surface area contributed by atoms with Gasteiger partial charge < -0.3 is 4.90 Å². The molecule has 3 aromatic heterocycles. The second-order valence-corrected chi connectivity index (χ2v) is 5.89. The Morgan fingerprint density at radius 3 is 2.83 bits per heavy atom. The minimum atomic E-state index is 0.213. The van der Waals surface area contributed by atoms with Crippen LogP contribution in [0, 0.1) is 6.92 Å². The second kappa shape index (κ2) is 6.31. The van der Waals surface area contributed by atoms with Crippen molar-refractivity contribution >= 4 is 5.82 Å². The van der Waals surface area contributed by atoms with Crippen molar-refractivity contribution in [2.75, 3.05) is 11.4 Å². The second-order valence-electron chi connectivity index (χ2n) is 5.89. The molecule has 0 amide bonds. The van der Waals surface area contributed by atoms with Gasteiger partial charge in [0, 0.05) is 30.7 Å². The molecule has 1 atom stereocenters. The lowest BCUT2D eigenvalue weighted by molar-refractivity contribution is 0.684. The number of hydrogen-bond donors (Lipinski definition) is 0. The minimum absolute atomic E-state index is 0.213. The van der Waals surface area contributed by atoms with Gasteiger partial charge in [-0.05, 0) is 38.0 Å². The van der Waals surface area contributed by atoms with Gasteiger partial charge in [0.1, 0.15) is 17.8 Å². The molecule has 120 valence electrons. The fourth-order valence-corrected chi connectivity index (χ4v) is 3.12. The molecule has 1 aliphatic heterocycles. The van der Waals surface area contributed by atoms with Crippen LogP contribution in [0.15, 0.2) is 49.1 Å². The summed E-state index contributed by atoms with van der Waals surface area (Å²) < 4.78 is 0. The van der Waals surface area contributed by atoms with Crippen LogP contribution in [0.2, 0.25) is 0 Å². The average Bonchev–Trinajstić information content (AvgIpc) is 3.12. The van der Waals surface area contributed by atoms with Crippen LogP contribution >= 0.6 is 0 Å². The third-order valence-electron chi connectivity index (χ3n) is 4.25. The van der Waals surface area contributed by atoms with E-state index in [1.54, 1.807) is 12.5 Å². The Kier molecular flexibility index (Phi) is 3.86. The molecule has 6 nitrogen and oxygen atoms in total. The molecule has 1 fully saturated rings. The lowest BCUT2D eigenvalue weighted by Crippen LogP contribution is -2.24. The third-order valence-corrected chi connectivity index (χ3v) is 4.25. The summed E-state index contributed by atoms with van der Waals surface area (Å²) in [6.07, 6.45) is 7.38. The van der Waals surface area contributed by atoms with E-state index in [-0.39, 0.29) is 6.04 Å². The maximum absolute atomic E-state index is 4.76. The van der Waals surface area contributed by atoms with E-state index in [4.69, 9.17) is 4.98 Å². The van der Waals surface area contributed by atoms with Gasteiger partial charge in [-0.3, -0.25) is 4.98 Å². The zero-order valence-corrected chi connectivity index (χ0v) is 13.5. The first-order valence-corrected chi connectivity index (χ1v) is 8.11. The standard InChI is InChI=1S/C18H18N6/c1-13-11-17(22-12-21-13)24-10-4-6-16(24)14-7-9-20-18(23-14)15-5-2-3-8-19-15/h2-3,5,7-9,11-12,16H,4,6,10H2,1H3/t16-/m1/s1. The van der Waals surface area contributed by atoms with Crippen molar-refractivity contribution in [2.24, 2.45) is 0 Å². The van der Waals surface area contributed by atoms with Crippen molar-refractivity contribution in [3.8, 4) is 11.5 Å². The van der Waals surface area contributed by atoms with E-state index in [0.717, 1.165) is 42.3 Å². The van der Waals surface area contributed by atoms with E-state index < -0.39 is 0 Å². The molecule has 4 heterocycles. The fraction of sp³-hybridized carbons (Fsp3) is 0.278. The van der Waals surface area contributed by atoms with Crippen LogP contribution in [0.1, 0.15) is 30.3 Å². The molecule has 0 unspecified atom stereocenters. The molecule has 0 N–H and O–H groups in total. The van der Waals surface area contributed by atoms with Gasteiger partial charge in [-0.2, -0.15) is 0 Å². The molecule has 0 aliphatic carbocycles. The van der Waals surface area contributed by atoms with E-state index in [9.17, 15) is 0 Å². The molecule has 1 saturated heterocycles. The van der Waals surface area contributed by atoms with Crippen molar-refractivity contribution in [2.45, 2.75) is 25.8 Å². The summed E-state index contributed by atoms with van der Waals surface area (Å²) in [6.45, 7) is 2.96. The molecule has 3 aromatic rings. The summed E-state index contributed by atoms with van der Waals surface area (Å²) >= 11 is 0. The molecule has 24 heavy (non-hydrogen) atoms. The van der Waals surface area contributed by atoms with Gasteiger partial charge in [0.2, 0.25) is 0 Å². The molecule has 0 aromatic carbocycles. The van der Waals surface area contributed by atoms with E-state index >= 15 is 0 Å². The minimum Gasteiger partial charge on any atom is -0.348 e. The maximum atomic E-state index is 4.76. The number of hydrogen-bond acceptors (Lipinski definition) is 6. The average molecular weight is 318 g/mol. The Labute approximate surface area is 140 Å². The zero-order valence-electron chi connectivity index (χ0n) is 13.5. The number of aryl methyl sites for hydroxylation is 1. The Bertz CT molecular complexity index is 836. The largest absolute Gasteiger partial charge is 0.348 e. The van der Waals surface area contributed by atoms with Gasteiger partial charge in [-0.1, -0.05) is 6.07 Å². The first-order valence-electron chi connectivity index (χ1n) is 8.11. The van der Waals surface area contributed by atoms with Crippen LogP contribution in [0.25, 0.3) is 11.5 Å². The molecule has 6 heteroatoms. The van der Waals surface area contributed by atoms with Gasteiger partial charge in [-0.15, -0.1) is 0 Å². The molecular formula is C18H18N6. The van der Waals surface area contributed by atoms with E-state index in [1.807, 2.05) is 43.5 Å². The van der Waals surface area contributed by atoms with Crippen LogP contribution in [-0.4, -0.2) is 31.5 Å². The predicted molar refractivity (Wildman–Crippen MR) is 91.4 cm³/mol. The van der Waals surface area contributed by atoms with Crippen LogP contribution in [0.3, 0.4) is 0 Å². The Balaban J connectivity index is 1.68. The number of nitrogens with zero attached hydrogens (tertiary/aromatic N) is 6. The number of pyridine rings is 1. The highest BCUT2D eigenvalue weighted by Gasteiger charge is 2.28. The summed E-state index contributed by atoms with van der Waals surface area (Å²) in [7, 11) is 0. The highest BCUT2D eigenvalue weighted by molar-refractivity contribution is 5.49. The summed E-state index contributed by atoms with van der Waals surface area (Å²) in [5, 5.41) is 0. The van der Waals surface area contributed by atoms with E-state index in [0.29, 0.717) is 5.82 Å². The topological polar surface area (TPSA) is 67.7 Å². The third kappa shape index (κ3) is 2.82. The van der Waals surface area contributed by atoms with Gasteiger partial charge in [0.25, 0.3) is 0 Å². The molecule has 0 spiro atoms. The molecule has 0 radical (unpaired) electrons. The van der Waals surface area contributed by atoms with Crippen LogP contribution < -0.4 is 4.90 Å². The molecule has 4 rings (SSSR count). The Hall–Kier alpha value is -2.89. The fourth-order valence-electron chi connectivity index (χ4n) is 3.12. The summed E-state index contributed by atoms with van der Waals surface area (Å²) in [4.78, 5) is 24.4. The molecular weight excluding hydrogens is 300 g/mol. The zero-order chi connectivity index (χ0) is 16.4. The number of aromatic nitrogens is 5. The smallest absolute Gasteiger partial charge is 0.178 e. The van der Waals surface area contributed by atoms with Crippen molar-refractivity contribution < 1.29 is 0 Å². The van der Waals surface area contributed by atoms with Gasteiger partial charge in [0.15, 0.2) is 5.82 Å². The Morgan fingerprint density at radius 1 is 1.04 bits per heavy atom. The summed E-state index contributed by atoms with van der Waals surface area (Å²) in [5.41, 5.74) is 2.78. The SMILES string of the molecule is Cc1cc(N2CCC[C@@H]2c2ccnc(-c3ccccn3)n2)ncn1. The van der Waals surface area contributed by atoms with Gasteiger partial charge >= 0.3 is 0 Å².